The Kier molecular flexibility index (Phi) is 7.31. The summed E-state index contributed by atoms with van der Waals surface area (Å²) in [5, 5.41) is 17.8. The van der Waals surface area contributed by atoms with Gasteiger partial charge in [-0.1, -0.05) is 42.5 Å². The summed E-state index contributed by atoms with van der Waals surface area (Å²) in [6.07, 6.45) is 0.0587. The fourth-order valence-corrected chi connectivity index (χ4v) is 5.13. The van der Waals surface area contributed by atoms with Crippen LogP contribution in [0.3, 0.4) is 0 Å². The number of ether oxygens (including phenoxy) is 2. The summed E-state index contributed by atoms with van der Waals surface area (Å²) in [4.78, 5) is 0. The number of benzene rings is 3. The number of nitriles is 1. The normalized spacial score (nSPS) is 11.2. The van der Waals surface area contributed by atoms with E-state index in [0.29, 0.717) is 28.6 Å². The van der Waals surface area contributed by atoms with E-state index in [-0.39, 0.29) is 23.6 Å². The Labute approximate surface area is 208 Å². The van der Waals surface area contributed by atoms with E-state index in [0.717, 1.165) is 11.6 Å². The van der Waals surface area contributed by atoms with Crippen LogP contribution in [0.4, 0.5) is 4.39 Å². The van der Waals surface area contributed by atoms with Crippen LogP contribution in [0.5, 0.6) is 11.5 Å². The van der Waals surface area contributed by atoms with E-state index in [1.54, 1.807) is 22.8 Å². The number of sulfone groups is 1. The van der Waals surface area contributed by atoms with Gasteiger partial charge in [-0.2, -0.15) is 5.26 Å². The van der Waals surface area contributed by atoms with E-state index in [9.17, 15) is 18.1 Å². The van der Waals surface area contributed by atoms with E-state index in [1.165, 1.54) is 26.4 Å². The van der Waals surface area contributed by atoms with Crippen molar-refractivity contribution in [1.82, 2.24) is 14.8 Å². The zero-order valence-electron chi connectivity index (χ0n) is 19.7. The molecule has 0 bridgehead atoms. The number of methoxy groups -OCH3 is 2. The Balaban J connectivity index is 1.75. The minimum atomic E-state index is -3.71. The summed E-state index contributed by atoms with van der Waals surface area (Å²) in [6.45, 7) is 0. The van der Waals surface area contributed by atoms with Crippen LogP contribution in [0.1, 0.15) is 17.0 Å². The van der Waals surface area contributed by atoms with Gasteiger partial charge in [-0.25, -0.2) is 12.8 Å². The van der Waals surface area contributed by atoms with Crippen molar-refractivity contribution in [2.75, 3.05) is 20.0 Å². The standard InChI is InChI=1S/C26H23FN4O4S/c1-34-22-9-6-10-23(35-2)25(22)31-24(29-30-26(31)19-7-4-3-5-8-19)17-36(32,33)14-13-18-11-12-21(27)15-20(18)16-28/h3-12,15H,13-14,17H2,1-2H3. The molecule has 3 aromatic carbocycles. The summed E-state index contributed by atoms with van der Waals surface area (Å²) < 4.78 is 52.6. The maximum Gasteiger partial charge on any atom is 0.168 e. The predicted molar refractivity (Wildman–Crippen MR) is 132 cm³/mol. The molecule has 0 atom stereocenters. The minimum absolute atomic E-state index is 0.0587. The lowest BCUT2D eigenvalue weighted by Crippen LogP contribution is -2.16. The van der Waals surface area contributed by atoms with Crippen molar-refractivity contribution in [2.24, 2.45) is 0 Å². The van der Waals surface area contributed by atoms with Gasteiger partial charge in [0.1, 0.15) is 28.8 Å². The fraction of sp³-hybridized carbons (Fsp3) is 0.192. The molecule has 0 aliphatic carbocycles. The van der Waals surface area contributed by atoms with Crippen molar-refractivity contribution in [1.29, 1.82) is 5.26 Å². The van der Waals surface area contributed by atoms with Crippen molar-refractivity contribution in [3.8, 4) is 34.6 Å². The third-order valence-corrected chi connectivity index (χ3v) is 7.14. The molecule has 0 radical (unpaired) electrons. The van der Waals surface area contributed by atoms with Gasteiger partial charge in [-0.15, -0.1) is 10.2 Å². The highest BCUT2D eigenvalue weighted by Gasteiger charge is 2.25. The molecule has 0 saturated heterocycles. The average molecular weight is 507 g/mol. The highest BCUT2D eigenvalue weighted by Crippen LogP contribution is 2.36. The lowest BCUT2D eigenvalue weighted by molar-refractivity contribution is 0.391. The van der Waals surface area contributed by atoms with Gasteiger partial charge in [-0.3, -0.25) is 4.57 Å². The zero-order valence-corrected chi connectivity index (χ0v) is 20.5. The Hall–Kier alpha value is -4.23. The first-order valence-corrected chi connectivity index (χ1v) is 12.8. The SMILES string of the molecule is COc1cccc(OC)c1-n1c(CS(=O)(=O)CCc2ccc(F)cc2C#N)nnc1-c1ccccc1. The van der Waals surface area contributed by atoms with E-state index in [2.05, 4.69) is 10.2 Å². The molecule has 8 nitrogen and oxygen atoms in total. The number of hydrogen-bond donors (Lipinski definition) is 0. The maximum absolute atomic E-state index is 13.5. The smallest absolute Gasteiger partial charge is 0.168 e. The summed E-state index contributed by atoms with van der Waals surface area (Å²) in [5.74, 6) is 0.279. The second kappa shape index (κ2) is 10.6. The van der Waals surface area contributed by atoms with Crippen molar-refractivity contribution >= 4 is 9.84 Å². The van der Waals surface area contributed by atoms with E-state index in [1.807, 2.05) is 36.4 Å². The Morgan fingerprint density at radius 3 is 2.31 bits per heavy atom. The van der Waals surface area contributed by atoms with E-state index in [4.69, 9.17) is 9.47 Å². The molecule has 1 heterocycles. The molecule has 4 aromatic rings. The van der Waals surface area contributed by atoms with Gasteiger partial charge in [0.05, 0.1) is 31.6 Å². The minimum Gasteiger partial charge on any atom is -0.494 e. The molecule has 0 unspecified atom stereocenters. The molecule has 184 valence electrons. The lowest BCUT2D eigenvalue weighted by Gasteiger charge is -2.17. The van der Waals surface area contributed by atoms with Gasteiger partial charge in [0, 0.05) is 5.56 Å². The maximum atomic E-state index is 13.5. The molecular formula is C26H23FN4O4S. The highest BCUT2D eigenvalue weighted by atomic mass is 32.2. The number of aryl methyl sites for hydroxylation is 1. The molecule has 1 aromatic heterocycles. The molecule has 36 heavy (non-hydrogen) atoms. The average Bonchev–Trinajstić information content (AvgIpc) is 3.29. The predicted octanol–water partition coefficient (Wildman–Crippen LogP) is 4.12. The van der Waals surface area contributed by atoms with Crippen molar-refractivity contribution in [3.63, 3.8) is 0 Å². The monoisotopic (exact) mass is 506 g/mol. The Morgan fingerprint density at radius 2 is 1.67 bits per heavy atom. The van der Waals surface area contributed by atoms with E-state index >= 15 is 0 Å². The molecule has 0 saturated carbocycles. The van der Waals surface area contributed by atoms with Crippen molar-refractivity contribution in [3.05, 3.63) is 89.5 Å². The largest absolute Gasteiger partial charge is 0.494 e. The fourth-order valence-electron chi connectivity index (χ4n) is 3.88. The van der Waals surface area contributed by atoms with Gasteiger partial charge >= 0.3 is 0 Å². The molecule has 0 N–H and O–H groups in total. The summed E-state index contributed by atoms with van der Waals surface area (Å²) in [5.41, 5.74) is 1.77. The molecular weight excluding hydrogens is 483 g/mol. The molecule has 0 aliphatic heterocycles. The topological polar surface area (TPSA) is 107 Å². The molecule has 0 fully saturated rings. The van der Waals surface area contributed by atoms with Crippen LogP contribution < -0.4 is 9.47 Å². The first kappa shape index (κ1) is 24.9. The first-order chi connectivity index (χ1) is 17.4. The van der Waals surface area contributed by atoms with Gasteiger partial charge in [0.15, 0.2) is 21.5 Å². The van der Waals surface area contributed by atoms with Crippen molar-refractivity contribution in [2.45, 2.75) is 12.2 Å². The van der Waals surface area contributed by atoms with Crippen LogP contribution in [0, 0.1) is 17.1 Å². The second-order valence-corrected chi connectivity index (χ2v) is 10.1. The third kappa shape index (κ3) is 5.21. The molecule has 0 amide bonds. The molecule has 0 aliphatic rings. The van der Waals surface area contributed by atoms with Crippen LogP contribution in [-0.2, 0) is 22.0 Å². The summed E-state index contributed by atoms with van der Waals surface area (Å²) in [6, 6.07) is 20.1. The van der Waals surface area contributed by atoms with Crippen LogP contribution in [0.2, 0.25) is 0 Å². The lowest BCUT2D eigenvalue weighted by atomic mass is 10.1. The summed E-state index contributed by atoms with van der Waals surface area (Å²) in [7, 11) is -0.693. The third-order valence-electron chi connectivity index (χ3n) is 5.61. The van der Waals surface area contributed by atoms with Gasteiger partial charge < -0.3 is 9.47 Å². The van der Waals surface area contributed by atoms with Crippen LogP contribution in [0.25, 0.3) is 17.1 Å². The highest BCUT2D eigenvalue weighted by molar-refractivity contribution is 7.90. The number of nitrogens with zero attached hydrogens (tertiary/aromatic N) is 4. The van der Waals surface area contributed by atoms with E-state index < -0.39 is 21.4 Å². The van der Waals surface area contributed by atoms with Gasteiger partial charge in [-0.05, 0) is 36.2 Å². The number of hydrogen-bond acceptors (Lipinski definition) is 7. The van der Waals surface area contributed by atoms with Crippen molar-refractivity contribution < 1.29 is 22.3 Å². The van der Waals surface area contributed by atoms with Crippen LogP contribution in [-0.4, -0.2) is 43.2 Å². The number of rotatable bonds is 9. The summed E-state index contributed by atoms with van der Waals surface area (Å²) >= 11 is 0. The molecule has 0 spiro atoms. The van der Waals surface area contributed by atoms with Gasteiger partial charge in [0.25, 0.3) is 0 Å². The number of halogens is 1. The number of aromatic nitrogens is 3. The Morgan fingerprint density at radius 1 is 0.972 bits per heavy atom. The van der Waals surface area contributed by atoms with Crippen LogP contribution >= 0.6 is 0 Å². The number of para-hydroxylation sites is 1. The van der Waals surface area contributed by atoms with Gasteiger partial charge in [0.2, 0.25) is 0 Å². The van der Waals surface area contributed by atoms with Crippen LogP contribution in [0.15, 0.2) is 66.7 Å². The molecule has 4 rings (SSSR count). The Bertz CT molecular complexity index is 1510. The first-order valence-electron chi connectivity index (χ1n) is 11.0. The quantitative estimate of drug-likeness (QED) is 0.336. The molecule has 10 heteroatoms. The zero-order chi connectivity index (χ0) is 25.7. The second-order valence-electron chi connectivity index (χ2n) is 7.91.